The van der Waals surface area contributed by atoms with E-state index in [1.165, 1.54) is 37.3 Å². The number of anilines is 4. The fourth-order valence-electron chi connectivity index (χ4n) is 7.23. The summed E-state index contributed by atoms with van der Waals surface area (Å²) in [6.45, 7) is 3.63. The molecule has 276 valence electrons. The Morgan fingerprint density at radius 2 is 1.71 bits per heavy atom. The monoisotopic (exact) mass is 734 g/mol. The zero-order chi connectivity index (χ0) is 37.3. The van der Waals surface area contributed by atoms with Gasteiger partial charge in [0.2, 0.25) is 11.9 Å². The van der Waals surface area contributed by atoms with Crippen LogP contribution >= 0.6 is 7.60 Å². The molecule has 0 spiro atoms. The summed E-state index contributed by atoms with van der Waals surface area (Å²) in [6.07, 6.45) is -1.27. The second-order valence-electron chi connectivity index (χ2n) is 12.8. The lowest BCUT2D eigenvalue weighted by Crippen LogP contribution is -2.32. The molecule has 0 radical (unpaired) electrons. The lowest BCUT2D eigenvalue weighted by Gasteiger charge is -2.33. The first-order valence-electron chi connectivity index (χ1n) is 16.5. The fourth-order valence-corrected chi connectivity index (χ4v) is 8.53. The van der Waals surface area contributed by atoms with Crippen molar-refractivity contribution in [3.63, 3.8) is 0 Å². The highest BCUT2D eigenvalue weighted by Gasteiger charge is 2.46. The van der Waals surface area contributed by atoms with Crippen LogP contribution in [-0.2, 0) is 32.1 Å². The number of rotatable bonds is 12. The van der Waals surface area contributed by atoms with E-state index in [1.54, 1.807) is 27.0 Å². The van der Waals surface area contributed by atoms with E-state index in [0.717, 1.165) is 5.56 Å². The summed E-state index contributed by atoms with van der Waals surface area (Å²) in [5.74, 6) is -1.31. The standard InChI is InChI=1S/C34H42F3N6O7P/c1-6-33(7-2,51(46,47)48)21-12-14-25(27(16-21)49-4)40-32-38-17-24(34(35,36)37)29(41-32)39-26-15-13-22(23-18-43(3)31(45)28(23)26)19-8-10-20(11-9-19)30(44)42-50-5/h12-17,19-20H,6-11,18H2,1-5H3,(H,42,44)(H2,46,47,48)(H2,38,39,40,41)/t19-,20+. The smallest absolute Gasteiger partial charge is 0.421 e. The van der Waals surface area contributed by atoms with Crippen LogP contribution in [0.2, 0.25) is 0 Å². The molecule has 1 saturated carbocycles. The predicted octanol–water partition coefficient (Wildman–Crippen LogP) is 6.72. The van der Waals surface area contributed by atoms with Gasteiger partial charge in [-0.05, 0) is 79.3 Å². The van der Waals surface area contributed by atoms with E-state index >= 15 is 0 Å². The Balaban J connectivity index is 1.48. The van der Waals surface area contributed by atoms with Gasteiger partial charge in [0.05, 0.1) is 36.3 Å². The van der Waals surface area contributed by atoms with Crippen molar-refractivity contribution in [3.05, 3.63) is 64.3 Å². The molecule has 17 heteroatoms. The Labute approximate surface area is 293 Å². The van der Waals surface area contributed by atoms with Crippen molar-refractivity contribution in [3.8, 4) is 5.75 Å². The molecule has 2 aromatic carbocycles. The molecule has 2 heterocycles. The Hall–Kier alpha value is -4.24. The van der Waals surface area contributed by atoms with Crippen LogP contribution in [0, 0.1) is 5.92 Å². The maximum absolute atomic E-state index is 14.3. The number of benzene rings is 2. The number of amides is 2. The number of aromatic nitrogens is 2. The lowest BCUT2D eigenvalue weighted by molar-refractivity contribution is -0.137. The molecule has 0 bridgehead atoms. The van der Waals surface area contributed by atoms with Crippen LogP contribution in [0.1, 0.15) is 90.9 Å². The number of ether oxygens (including phenoxy) is 1. The quantitative estimate of drug-likeness (QED) is 0.0987. The van der Waals surface area contributed by atoms with E-state index in [-0.39, 0.29) is 71.7 Å². The molecule has 1 aliphatic carbocycles. The largest absolute Gasteiger partial charge is 0.495 e. The highest BCUT2D eigenvalue weighted by atomic mass is 31.2. The summed E-state index contributed by atoms with van der Waals surface area (Å²) < 4.78 is 60.8. The molecular weight excluding hydrogens is 692 g/mol. The zero-order valence-corrected chi connectivity index (χ0v) is 29.8. The highest BCUT2D eigenvalue weighted by Crippen LogP contribution is 2.61. The van der Waals surface area contributed by atoms with Crippen molar-refractivity contribution in [2.75, 3.05) is 31.9 Å². The van der Waals surface area contributed by atoms with E-state index in [4.69, 9.17) is 9.57 Å². The average molecular weight is 735 g/mol. The minimum absolute atomic E-state index is 0.0576. The summed E-state index contributed by atoms with van der Waals surface area (Å²) in [5.41, 5.74) is 3.86. The van der Waals surface area contributed by atoms with E-state index < -0.39 is 30.3 Å². The number of carbonyl (C=O) groups is 2. The van der Waals surface area contributed by atoms with Crippen LogP contribution in [0.5, 0.6) is 5.75 Å². The van der Waals surface area contributed by atoms with Crippen LogP contribution in [0.4, 0.5) is 36.3 Å². The van der Waals surface area contributed by atoms with Crippen molar-refractivity contribution < 1.29 is 46.7 Å². The van der Waals surface area contributed by atoms with Gasteiger partial charge < -0.3 is 30.1 Å². The molecule has 5 rings (SSSR count). The number of halogens is 3. The van der Waals surface area contributed by atoms with Crippen molar-refractivity contribution in [2.45, 2.75) is 76.2 Å². The average Bonchev–Trinajstić information content (AvgIpc) is 3.39. The van der Waals surface area contributed by atoms with E-state index in [2.05, 4.69) is 26.1 Å². The molecule has 2 amide bonds. The lowest BCUT2D eigenvalue weighted by atomic mass is 9.76. The summed E-state index contributed by atoms with van der Waals surface area (Å²) in [7, 11) is -0.243. The van der Waals surface area contributed by atoms with E-state index in [1.807, 2.05) is 6.07 Å². The number of hydrogen-bond acceptors (Lipinski definition) is 9. The summed E-state index contributed by atoms with van der Waals surface area (Å²) in [4.78, 5) is 60.4. The van der Waals surface area contributed by atoms with Gasteiger partial charge in [-0.2, -0.15) is 18.2 Å². The maximum atomic E-state index is 14.3. The molecule has 0 saturated heterocycles. The first-order chi connectivity index (χ1) is 24.1. The molecule has 3 aromatic rings. The molecule has 51 heavy (non-hydrogen) atoms. The summed E-state index contributed by atoms with van der Waals surface area (Å²) in [5, 5.41) is 4.17. The number of alkyl halides is 3. The van der Waals surface area contributed by atoms with E-state index in [0.29, 0.717) is 43.0 Å². The van der Waals surface area contributed by atoms with Gasteiger partial charge in [-0.3, -0.25) is 19.0 Å². The number of nitrogens with zero attached hydrogens (tertiary/aromatic N) is 3. The van der Waals surface area contributed by atoms with Crippen molar-refractivity contribution in [1.82, 2.24) is 20.3 Å². The minimum atomic E-state index is -4.84. The van der Waals surface area contributed by atoms with Crippen molar-refractivity contribution in [1.29, 1.82) is 0 Å². The predicted molar refractivity (Wildman–Crippen MR) is 183 cm³/mol. The number of carbonyl (C=O) groups excluding carboxylic acids is 2. The Kier molecular flexibility index (Phi) is 11.0. The first kappa shape index (κ1) is 38.0. The van der Waals surface area contributed by atoms with Crippen molar-refractivity contribution >= 4 is 42.6 Å². The summed E-state index contributed by atoms with van der Waals surface area (Å²) in [6, 6.07) is 7.90. The van der Waals surface area contributed by atoms with Gasteiger partial charge in [-0.25, -0.2) is 10.5 Å². The van der Waals surface area contributed by atoms with Gasteiger partial charge in [0, 0.05) is 25.7 Å². The molecule has 5 N–H and O–H groups in total. The number of hydroxylamine groups is 1. The molecular formula is C34H42F3N6O7P. The number of nitrogens with one attached hydrogen (secondary N) is 3. The fraction of sp³-hybridized carbons (Fsp3) is 0.471. The number of methoxy groups -OCH3 is 1. The Bertz CT molecular complexity index is 1840. The number of fused-ring (bicyclic) bond motifs is 1. The SMILES string of the molecule is CCC(CC)(c1ccc(Nc2ncc(C(F)(F)F)c(Nc3ccc([C@H]4CC[C@@H](C(=O)NOC)CC4)c4c3C(=O)N(C)C4)n2)c(OC)c1)P(=O)(O)O. The third kappa shape index (κ3) is 7.41. The van der Waals surface area contributed by atoms with Gasteiger partial charge in [0.15, 0.2) is 0 Å². The second kappa shape index (κ2) is 14.8. The third-order valence-electron chi connectivity index (χ3n) is 10.1. The van der Waals surface area contributed by atoms with E-state index in [9.17, 15) is 37.1 Å². The minimum Gasteiger partial charge on any atom is -0.495 e. The van der Waals surface area contributed by atoms with Crippen molar-refractivity contribution in [2.24, 2.45) is 5.92 Å². The first-order valence-corrected chi connectivity index (χ1v) is 18.2. The highest BCUT2D eigenvalue weighted by molar-refractivity contribution is 7.53. The molecule has 1 fully saturated rings. The van der Waals surface area contributed by atoms with Gasteiger partial charge in [0.1, 0.15) is 17.1 Å². The molecule has 0 atom stereocenters. The van der Waals surface area contributed by atoms with Crippen LogP contribution in [-0.4, -0.2) is 57.7 Å². The van der Waals surface area contributed by atoms with Gasteiger partial charge in [-0.15, -0.1) is 0 Å². The van der Waals surface area contributed by atoms with Crippen LogP contribution in [0.15, 0.2) is 36.5 Å². The van der Waals surface area contributed by atoms with Crippen LogP contribution in [0.3, 0.4) is 0 Å². The van der Waals surface area contributed by atoms with Crippen LogP contribution in [0.25, 0.3) is 0 Å². The molecule has 1 aliphatic heterocycles. The normalized spacial score (nSPS) is 18.0. The van der Waals surface area contributed by atoms with Gasteiger partial charge in [0.25, 0.3) is 5.91 Å². The van der Waals surface area contributed by atoms with Gasteiger partial charge in [-0.1, -0.05) is 26.0 Å². The summed E-state index contributed by atoms with van der Waals surface area (Å²) >= 11 is 0. The number of hydrogen-bond donors (Lipinski definition) is 5. The molecule has 0 unspecified atom stereocenters. The molecule has 1 aromatic heterocycles. The van der Waals surface area contributed by atoms with Gasteiger partial charge >= 0.3 is 13.8 Å². The topological polar surface area (TPSA) is 175 Å². The molecule has 13 nitrogen and oxygen atoms in total. The maximum Gasteiger partial charge on any atom is 0.421 e. The second-order valence-corrected chi connectivity index (χ2v) is 14.8. The third-order valence-corrected chi connectivity index (χ3v) is 12.1. The van der Waals surface area contributed by atoms with Crippen LogP contribution < -0.4 is 20.9 Å². The Morgan fingerprint density at radius 3 is 2.29 bits per heavy atom. The molecule has 2 aliphatic rings. The Morgan fingerprint density at radius 1 is 1.04 bits per heavy atom. The zero-order valence-electron chi connectivity index (χ0n) is 28.9.